The quantitative estimate of drug-likeness (QED) is 0.857. The number of rotatable bonds is 3. The number of aryl methyl sites for hydroxylation is 1. The van der Waals surface area contributed by atoms with Gasteiger partial charge in [-0.05, 0) is 24.0 Å². The van der Waals surface area contributed by atoms with Crippen molar-refractivity contribution in [3.63, 3.8) is 0 Å². The molecule has 2 aliphatic rings. The molecule has 2 fully saturated rings. The molecule has 0 unspecified atom stereocenters. The second kappa shape index (κ2) is 5.77. The van der Waals surface area contributed by atoms with Crippen LogP contribution in [0, 0.1) is 11.8 Å². The van der Waals surface area contributed by atoms with Gasteiger partial charge < -0.3 is 4.90 Å². The molecule has 2 saturated heterocycles. The molecule has 0 N–H and O–H groups in total. The summed E-state index contributed by atoms with van der Waals surface area (Å²) >= 11 is 0. The van der Waals surface area contributed by atoms with Crippen LogP contribution in [0.1, 0.15) is 12.0 Å². The number of hydrogen-bond donors (Lipinski definition) is 0. The summed E-state index contributed by atoms with van der Waals surface area (Å²) in [6.07, 6.45) is 8.46. The van der Waals surface area contributed by atoms with Crippen LogP contribution in [-0.2, 0) is 18.4 Å². The van der Waals surface area contributed by atoms with Gasteiger partial charge in [-0.15, -0.1) is 0 Å². The van der Waals surface area contributed by atoms with E-state index >= 15 is 0 Å². The van der Waals surface area contributed by atoms with Gasteiger partial charge in [-0.3, -0.25) is 19.4 Å². The predicted octanol–water partition coefficient (Wildman–Crippen LogP) is 1.30. The zero-order valence-corrected chi connectivity index (χ0v) is 13.3. The Labute approximate surface area is 135 Å². The first-order valence-corrected chi connectivity index (χ1v) is 8.12. The number of amides is 1. The number of likely N-dealkylation sites (tertiary alicyclic amines) is 1. The molecule has 0 radical (unpaired) electrons. The number of carbonyl (C=O) groups is 1. The van der Waals surface area contributed by atoms with Gasteiger partial charge in [0.1, 0.15) is 0 Å². The van der Waals surface area contributed by atoms with E-state index in [2.05, 4.69) is 21.0 Å². The summed E-state index contributed by atoms with van der Waals surface area (Å²) in [5.41, 5.74) is 2.13. The molecule has 1 amide bonds. The van der Waals surface area contributed by atoms with Crippen molar-refractivity contribution in [3.05, 3.63) is 42.5 Å². The highest BCUT2D eigenvalue weighted by Crippen LogP contribution is 2.34. The minimum atomic E-state index is 0.112. The molecule has 2 atom stereocenters. The molecule has 23 heavy (non-hydrogen) atoms. The van der Waals surface area contributed by atoms with Crippen molar-refractivity contribution in [2.24, 2.45) is 18.9 Å². The van der Waals surface area contributed by atoms with Crippen molar-refractivity contribution in [2.75, 3.05) is 24.5 Å². The highest BCUT2D eigenvalue weighted by Gasteiger charge is 2.43. The van der Waals surface area contributed by atoms with Gasteiger partial charge in [0.25, 0.3) is 0 Å². The summed E-state index contributed by atoms with van der Waals surface area (Å²) in [6, 6.07) is 4.06. The van der Waals surface area contributed by atoms with E-state index in [-0.39, 0.29) is 11.8 Å². The highest BCUT2D eigenvalue weighted by molar-refractivity contribution is 5.96. The van der Waals surface area contributed by atoms with Crippen molar-refractivity contribution >= 4 is 11.6 Å². The standard InChI is InChI=1S/C17H21N5O/c1-20-11-15(8-19-20)22-6-4-14-10-21(12-16(14)17(22)23)9-13-3-2-5-18-7-13/h2-3,5,7-8,11,14,16H,4,6,9-10,12H2,1H3/t14-,16-/m0/s1. The van der Waals surface area contributed by atoms with Crippen LogP contribution in [0.4, 0.5) is 5.69 Å². The normalized spacial score (nSPS) is 24.9. The van der Waals surface area contributed by atoms with Gasteiger partial charge in [-0.1, -0.05) is 6.07 Å². The zero-order chi connectivity index (χ0) is 15.8. The van der Waals surface area contributed by atoms with Gasteiger partial charge in [0.15, 0.2) is 0 Å². The third kappa shape index (κ3) is 2.74. The van der Waals surface area contributed by atoms with Crippen LogP contribution < -0.4 is 4.90 Å². The first-order valence-electron chi connectivity index (χ1n) is 8.12. The Morgan fingerprint density at radius 1 is 1.30 bits per heavy atom. The molecule has 120 valence electrons. The maximum atomic E-state index is 12.9. The van der Waals surface area contributed by atoms with Crippen LogP contribution in [0.25, 0.3) is 0 Å². The maximum absolute atomic E-state index is 12.9. The van der Waals surface area contributed by atoms with Crippen LogP contribution >= 0.6 is 0 Å². The van der Waals surface area contributed by atoms with Crippen LogP contribution in [0.15, 0.2) is 36.9 Å². The largest absolute Gasteiger partial charge is 0.309 e. The van der Waals surface area contributed by atoms with E-state index in [0.29, 0.717) is 5.92 Å². The fourth-order valence-electron chi connectivity index (χ4n) is 3.82. The van der Waals surface area contributed by atoms with E-state index in [1.165, 1.54) is 5.56 Å². The molecule has 4 rings (SSSR count). The molecule has 0 aliphatic carbocycles. The lowest BCUT2D eigenvalue weighted by molar-refractivity contribution is -0.124. The second-order valence-corrected chi connectivity index (χ2v) is 6.57. The van der Waals surface area contributed by atoms with E-state index in [1.54, 1.807) is 17.1 Å². The molecule has 0 spiro atoms. The Kier molecular flexibility index (Phi) is 3.61. The van der Waals surface area contributed by atoms with Crippen LogP contribution in [-0.4, -0.2) is 45.2 Å². The number of anilines is 1. The molecule has 2 aromatic heterocycles. The number of pyridine rings is 1. The molecular weight excluding hydrogens is 290 g/mol. The smallest absolute Gasteiger partial charge is 0.231 e. The van der Waals surface area contributed by atoms with Crippen LogP contribution in [0.2, 0.25) is 0 Å². The Morgan fingerprint density at radius 2 is 2.22 bits per heavy atom. The highest BCUT2D eigenvalue weighted by atomic mass is 16.2. The Balaban J connectivity index is 1.46. The van der Waals surface area contributed by atoms with Gasteiger partial charge in [0.05, 0.1) is 17.8 Å². The van der Waals surface area contributed by atoms with E-state index in [9.17, 15) is 4.79 Å². The fraction of sp³-hybridized carbons (Fsp3) is 0.471. The number of fused-ring (bicyclic) bond motifs is 1. The molecule has 6 nitrogen and oxygen atoms in total. The van der Waals surface area contributed by atoms with Crippen molar-refractivity contribution in [1.82, 2.24) is 19.7 Å². The molecule has 0 bridgehead atoms. The monoisotopic (exact) mass is 311 g/mol. The van der Waals surface area contributed by atoms with E-state index in [0.717, 1.165) is 38.3 Å². The van der Waals surface area contributed by atoms with E-state index in [4.69, 9.17) is 0 Å². The van der Waals surface area contributed by atoms with Gasteiger partial charge in [0.2, 0.25) is 5.91 Å². The average Bonchev–Trinajstić information content (AvgIpc) is 3.15. The van der Waals surface area contributed by atoms with Crippen molar-refractivity contribution in [2.45, 2.75) is 13.0 Å². The van der Waals surface area contributed by atoms with Crippen LogP contribution in [0.3, 0.4) is 0 Å². The van der Waals surface area contributed by atoms with E-state index < -0.39 is 0 Å². The lowest BCUT2D eigenvalue weighted by Crippen LogP contribution is -2.45. The lowest BCUT2D eigenvalue weighted by Gasteiger charge is -2.32. The van der Waals surface area contributed by atoms with Crippen molar-refractivity contribution < 1.29 is 4.79 Å². The number of aromatic nitrogens is 3. The number of nitrogens with zero attached hydrogens (tertiary/aromatic N) is 5. The Morgan fingerprint density at radius 3 is 2.96 bits per heavy atom. The summed E-state index contributed by atoms with van der Waals surface area (Å²) in [4.78, 5) is 21.3. The summed E-state index contributed by atoms with van der Waals surface area (Å²) in [5, 5.41) is 4.19. The third-order valence-corrected chi connectivity index (χ3v) is 4.96. The Bertz CT molecular complexity index is 698. The molecule has 4 heterocycles. The second-order valence-electron chi connectivity index (χ2n) is 6.57. The summed E-state index contributed by atoms with van der Waals surface area (Å²) < 4.78 is 1.75. The van der Waals surface area contributed by atoms with Gasteiger partial charge in [0, 0.05) is 51.8 Å². The van der Waals surface area contributed by atoms with Gasteiger partial charge >= 0.3 is 0 Å². The predicted molar refractivity (Wildman–Crippen MR) is 86.7 cm³/mol. The average molecular weight is 311 g/mol. The van der Waals surface area contributed by atoms with Crippen molar-refractivity contribution in [3.8, 4) is 0 Å². The summed E-state index contributed by atoms with van der Waals surface area (Å²) in [7, 11) is 1.88. The molecular formula is C17H21N5O. The van der Waals surface area contributed by atoms with Crippen molar-refractivity contribution in [1.29, 1.82) is 0 Å². The molecule has 0 saturated carbocycles. The molecule has 2 aromatic rings. The van der Waals surface area contributed by atoms with E-state index in [1.807, 2.05) is 30.4 Å². The summed E-state index contributed by atoms with van der Waals surface area (Å²) in [5.74, 6) is 0.843. The first kappa shape index (κ1) is 14.4. The number of piperidine rings is 1. The Hall–Kier alpha value is -2.21. The number of carbonyl (C=O) groups excluding carboxylic acids is 1. The lowest BCUT2D eigenvalue weighted by atomic mass is 9.88. The molecule has 0 aromatic carbocycles. The fourth-order valence-corrected chi connectivity index (χ4v) is 3.82. The first-order chi connectivity index (χ1) is 11.2. The van der Waals surface area contributed by atoms with Crippen LogP contribution in [0.5, 0.6) is 0 Å². The summed E-state index contributed by atoms with van der Waals surface area (Å²) in [6.45, 7) is 3.52. The van der Waals surface area contributed by atoms with Gasteiger partial charge in [-0.2, -0.15) is 5.10 Å². The minimum Gasteiger partial charge on any atom is -0.309 e. The topological polar surface area (TPSA) is 54.3 Å². The number of hydrogen-bond acceptors (Lipinski definition) is 4. The zero-order valence-electron chi connectivity index (χ0n) is 13.3. The minimum absolute atomic E-state index is 0.112. The molecule has 2 aliphatic heterocycles. The third-order valence-electron chi connectivity index (χ3n) is 4.96. The maximum Gasteiger partial charge on any atom is 0.231 e. The van der Waals surface area contributed by atoms with Gasteiger partial charge in [-0.25, -0.2) is 0 Å². The SMILES string of the molecule is Cn1cc(N2CC[C@H]3CN(Cc4cccnc4)C[C@@H]3C2=O)cn1. The molecule has 6 heteroatoms.